The molecule has 2 aromatic rings. The molecule has 0 spiro atoms. The number of fused-ring (bicyclic) bond motifs is 1. The standard InChI is InChI=1S/C26H32N4O4/c1-17(2)8-9-20-11-22-24(28-12-20)34-23(18(3)14-30(26(22)33)19(4)16-31)15-29(5)25(32)21-7-6-10-27-13-21/h6-7,10-13,17-19,23,31H,14-16H2,1-5H3/t18-,19-,23-/m1/s1. The summed E-state index contributed by atoms with van der Waals surface area (Å²) in [6, 6.07) is 4.74. The smallest absolute Gasteiger partial charge is 0.259 e. The molecular weight excluding hydrogens is 432 g/mol. The van der Waals surface area contributed by atoms with E-state index in [1.807, 2.05) is 20.8 Å². The Morgan fingerprint density at radius 2 is 2.12 bits per heavy atom. The third-order valence-electron chi connectivity index (χ3n) is 5.74. The molecule has 34 heavy (non-hydrogen) atoms. The van der Waals surface area contributed by atoms with Gasteiger partial charge < -0.3 is 19.6 Å². The van der Waals surface area contributed by atoms with Crippen molar-refractivity contribution in [1.29, 1.82) is 0 Å². The van der Waals surface area contributed by atoms with Crippen LogP contribution in [0, 0.1) is 23.7 Å². The van der Waals surface area contributed by atoms with Gasteiger partial charge in [0.15, 0.2) is 0 Å². The van der Waals surface area contributed by atoms with Crippen LogP contribution in [-0.2, 0) is 0 Å². The van der Waals surface area contributed by atoms with Crippen LogP contribution in [0.4, 0.5) is 0 Å². The molecule has 0 bridgehead atoms. The Hall–Kier alpha value is -3.44. The highest BCUT2D eigenvalue weighted by molar-refractivity contribution is 5.97. The van der Waals surface area contributed by atoms with Crippen molar-refractivity contribution in [2.75, 3.05) is 26.7 Å². The average Bonchev–Trinajstić information content (AvgIpc) is 2.84. The summed E-state index contributed by atoms with van der Waals surface area (Å²) in [4.78, 5) is 38.0. The summed E-state index contributed by atoms with van der Waals surface area (Å²) < 4.78 is 6.24. The van der Waals surface area contributed by atoms with Crippen LogP contribution in [0.2, 0.25) is 0 Å². The van der Waals surface area contributed by atoms with Gasteiger partial charge in [-0.2, -0.15) is 0 Å². The first-order valence-corrected chi connectivity index (χ1v) is 11.5. The Labute approximate surface area is 201 Å². The Morgan fingerprint density at radius 3 is 2.76 bits per heavy atom. The van der Waals surface area contributed by atoms with E-state index in [2.05, 4.69) is 21.8 Å². The Morgan fingerprint density at radius 1 is 1.35 bits per heavy atom. The number of pyridine rings is 2. The van der Waals surface area contributed by atoms with Gasteiger partial charge in [-0.25, -0.2) is 4.98 Å². The van der Waals surface area contributed by atoms with Crippen LogP contribution in [0.5, 0.6) is 5.88 Å². The zero-order valence-corrected chi connectivity index (χ0v) is 20.4. The first-order valence-electron chi connectivity index (χ1n) is 11.5. The van der Waals surface area contributed by atoms with E-state index >= 15 is 0 Å². The Balaban J connectivity index is 1.95. The van der Waals surface area contributed by atoms with E-state index in [9.17, 15) is 14.7 Å². The lowest BCUT2D eigenvalue weighted by atomic mass is 9.99. The average molecular weight is 465 g/mol. The summed E-state index contributed by atoms with van der Waals surface area (Å²) in [5, 5.41) is 9.79. The van der Waals surface area contributed by atoms with Gasteiger partial charge in [0.25, 0.3) is 11.8 Å². The molecule has 0 saturated carbocycles. The molecule has 0 aliphatic carbocycles. The molecule has 0 fully saturated rings. The Kier molecular flexibility index (Phi) is 8.24. The summed E-state index contributed by atoms with van der Waals surface area (Å²) in [5.41, 5.74) is 1.41. The second-order valence-corrected chi connectivity index (χ2v) is 9.05. The fraction of sp³-hybridized carbons (Fsp3) is 0.462. The largest absolute Gasteiger partial charge is 0.472 e. The van der Waals surface area contributed by atoms with Gasteiger partial charge in [-0.1, -0.05) is 32.6 Å². The molecule has 8 heteroatoms. The number of aliphatic hydroxyl groups excluding tert-OH is 1. The molecular formula is C26H32N4O4. The maximum atomic E-state index is 13.4. The molecule has 0 aromatic carbocycles. The molecule has 8 nitrogen and oxygen atoms in total. The van der Waals surface area contributed by atoms with Gasteiger partial charge in [0.05, 0.1) is 24.8 Å². The van der Waals surface area contributed by atoms with Gasteiger partial charge in [-0.05, 0) is 25.1 Å². The topological polar surface area (TPSA) is 95.9 Å². The van der Waals surface area contributed by atoms with E-state index in [1.54, 1.807) is 54.4 Å². The molecule has 2 aromatic heterocycles. The zero-order chi connectivity index (χ0) is 24.8. The number of amides is 2. The molecule has 0 radical (unpaired) electrons. The van der Waals surface area contributed by atoms with E-state index < -0.39 is 6.10 Å². The summed E-state index contributed by atoms with van der Waals surface area (Å²) in [6.45, 7) is 8.23. The molecule has 1 aliphatic heterocycles. The van der Waals surface area contributed by atoms with Gasteiger partial charge >= 0.3 is 0 Å². The van der Waals surface area contributed by atoms with Crippen molar-refractivity contribution in [3.05, 3.63) is 53.5 Å². The fourth-order valence-corrected chi connectivity index (χ4v) is 3.68. The number of carbonyl (C=O) groups excluding carboxylic acids is 2. The zero-order valence-electron chi connectivity index (χ0n) is 20.4. The predicted molar refractivity (Wildman–Crippen MR) is 128 cm³/mol. The number of aliphatic hydroxyl groups is 1. The lowest BCUT2D eigenvalue weighted by molar-refractivity contribution is 0.0313. The summed E-state index contributed by atoms with van der Waals surface area (Å²) in [5.74, 6) is 5.95. The number of rotatable bonds is 5. The van der Waals surface area contributed by atoms with Crippen molar-refractivity contribution in [2.24, 2.45) is 11.8 Å². The van der Waals surface area contributed by atoms with Crippen LogP contribution in [0.3, 0.4) is 0 Å². The van der Waals surface area contributed by atoms with Gasteiger partial charge in [0.2, 0.25) is 5.88 Å². The van der Waals surface area contributed by atoms with Crippen molar-refractivity contribution >= 4 is 11.8 Å². The first kappa shape index (κ1) is 25.2. The second-order valence-electron chi connectivity index (χ2n) is 9.05. The van der Waals surface area contributed by atoms with Crippen molar-refractivity contribution < 1.29 is 19.4 Å². The first-order chi connectivity index (χ1) is 16.2. The number of ether oxygens (including phenoxy) is 1. The van der Waals surface area contributed by atoms with Crippen LogP contribution >= 0.6 is 0 Å². The van der Waals surface area contributed by atoms with Crippen molar-refractivity contribution in [3.8, 4) is 17.7 Å². The number of hydrogen-bond acceptors (Lipinski definition) is 6. The molecule has 0 saturated heterocycles. The third kappa shape index (κ3) is 5.91. The van der Waals surface area contributed by atoms with E-state index in [0.29, 0.717) is 29.8 Å². The number of nitrogens with zero attached hydrogens (tertiary/aromatic N) is 4. The maximum absolute atomic E-state index is 13.4. The molecule has 3 atom stereocenters. The monoisotopic (exact) mass is 464 g/mol. The molecule has 3 heterocycles. The number of aromatic nitrogens is 2. The van der Waals surface area contributed by atoms with Crippen molar-refractivity contribution in [3.63, 3.8) is 0 Å². The van der Waals surface area contributed by atoms with Gasteiger partial charge in [-0.15, -0.1) is 0 Å². The minimum absolute atomic E-state index is 0.127. The minimum atomic E-state index is -0.425. The third-order valence-corrected chi connectivity index (χ3v) is 5.74. The molecule has 180 valence electrons. The molecule has 0 unspecified atom stereocenters. The van der Waals surface area contributed by atoms with E-state index in [-0.39, 0.29) is 42.2 Å². The van der Waals surface area contributed by atoms with E-state index in [1.165, 1.54) is 6.20 Å². The minimum Gasteiger partial charge on any atom is -0.472 e. The van der Waals surface area contributed by atoms with Crippen LogP contribution in [0.15, 0.2) is 36.8 Å². The summed E-state index contributed by atoms with van der Waals surface area (Å²) >= 11 is 0. The second kappa shape index (κ2) is 11.1. The summed E-state index contributed by atoms with van der Waals surface area (Å²) in [7, 11) is 1.71. The highest BCUT2D eigenvalue weighted by atomic mass is 16.5. The van der Waals surface area contributed by atoms with Crippen LogP contribution in [0.1, 0.15) is 54.0 Å². The SMILES string of the molecule is CC(C)C#Cc1cnc2c(c1)C(=O)N([C@H](C)CO)C[C@@H](C)[C@@H](CN(C)C(=O)c1cccnc1)O2. The lowest BCUT2D eigenvalue weighted by Gasteiger charge is -2.37. The van der Waals surface area contributed by atoms with Gasteiger partial charge in [0, 0.05) is 49.6 Å². The van der Waals surface area contributed by atoms with Crippen LogP contribution < -0.4 is 4.74 Å². The summed E-state index contributed by atoms with van der Waals surface area (Å²) in [6.07, 6.45) is 4.31. The molecule has 2 amide bonds. The van der Waals surface area contributed by atoms with Crippen molar-refractivity contribution in [1.82, 2.24) is 19.8 Å². The van der Waals surface area contributed by atoms with Gasteiger partial charge in [0.1, 0.15) is 11.7 Å². The van der Waals surface area contributed by atoms with E-state index in [4.69, 9.17) is 4.74 Å². The van der Waals surface area contributed by atoms with Gasteiger partial charge in [-0.3, -0.25) is 14.6 Å². The highest BCUT2D eigenvalue weighted by Gasteiger charge is 2.34. The quantitative estimate of drug-likeness (QED) is 0.683. The van der Waals surface area contributed by atoms with E-state index in [0.717, 1.165) is 0 Å². The molecule has 3 rings (SSSR count). The molecule has 1 N–H and O–H groups in total. The predicted octanol–water partition coefficient (Wildman–Crippen LogP) is 2.48. The highest BCUT2D eigenvalue weighted by Crippen LogP contribution is 2.27. The molecule has 1 aliphatic rings. The number of hydrogen-bond donors (Lipinski definition) is 1. The number of likely N-dealkylation sites (N-methyl/N-ethyl adjacent to an activating group) is 1. The van der Waals surface area contributed by atoms with Crippen molar-refractivity contribution in [2.45, 2.75) is 39.8 Å². The Bertz CT molecular complexity index is 1080. The van der Waals surface area contributed by atoms with Crippen LogP contribution in [-0.4, -0.2) is 75.6 Å². The normalized spacial score (nSPS) is 18.7. The number of carbonyl (C=O) groups is 2. The lowest BCUT2D eigenvalue weighted by Crippen LogP contribution is -2.50. The fourth-order valence-electron chi connectivity index (χ4n) is 3.68. The van der Waals surface area contributed by atoms with Crippen LogP contribution in [0.25, 0.3) is 0 Å². The maximum Gasteiger partial charge on any atom is 0.259 e.